The van der Waals surface area contributed by atoms with Crippen LogP contribution < -0.4 is 10.1 Å². The molecule has 0 aliphatic carbocycles. The number of aromatic nitrogens is 2. The monoisotopic (exact) mass is 289 g/mol. The molecule has 1 aliphatic rings. The minimum Gasteiger partial charge on any atom is -0.488 e. The lowest BCUT2D eigenvalue weighted by Crippen LogP contribution is -2.34. The first-order valence-corrected chi connectivity index (χ1v) is 7.39. The minimum absolute atomic E-state index is 0.00214. The number of ether oxygens (including phenoxy) is 1. The first kappa shape index (κ1) is 13.1. The molecule has 0 saturated heterocycles. The Bertz CT molecular complexity index is 601. The molecule has 0 saturated carbocycles. The first-order chi connectivity index (χ1) is 9.78. The molecule has 2 heterocycles. The Labute approximate surface area is 121 Å². The number of hydrogen-bond donors (Lipinski definition) is 1. The van der Waals surface area contributed by atoms with E-state index in [4.69, 9.17) is 4.74 Å². The van der Waals surface area contributed by atoms with Crippen LogP contribution in [-0.2, 0) is 12.8 Å². The van der Waals surface area contributed by atoms with Crippen molar-refractivity contribution in [3.8, 4) is 5.75 Å². The van der Waals surface area contributed by atoms with Crippen LogP contribution in [0.15, 0.2) is 24.3 Å². The predicted molar refractivity (Wildman–Crippen MR) is 76.2 cm³/mol. The quantitative estimate of drug-likeness (QED) is 0.932. The van der Waals surface area contributed by atoms with Gasteiger partial charge in [-0.25, -0.2) is 0 Å². The lowest BCUT2D eigenvalue weighted by Gasteiger charge is -2.11. The van der Waals surface area contributed by atoms with E-state index in [0.29, 0.717) is 17.8 Å². The van der Waals surface area contributed by atoms with Crippen LogP contribution in [0.5, 0.6) is 5.75 Å². The minimum atomic E-state index is -0.114. The number of rotatable bonds is 4. The number of amides is 1. The molecule has 0 fully saturated rings. The summed E-state index contributed by atoms with van der Waals surface area (Å²) in [6.45, 7) is 2.46. The summed E-state index contributed by atoms with van der Waals surface area (Å²) >= 11 is 1.14. The molecular weight excluding hydrogens is 274 g/mol. The molecule has 5 nitrogen and oxygen atoms in total. The van der Waals surface area contributed by atoms with Crippen molar-refractivity contribution in [2.24, 2.45) is 0 Å². The normalized spacial score (nSPS) is 16.6. The van der Waals surface area contributed by atoms with Gasteiger partial charge in [-0.3, -0.25) is 4.79 Å². The summed E-state index contributed by atoms with van der Waals surface area (Å²) in [5.41, 5.74) is 1.95. The van der Waals surface area contributed by atoms with Gasteiger partial charge in [-0.15, -0.1) is 5.10 Å². The largest absolute Gasteiger partial charge is 0.488 e. The fourth-order valence-corrected chi connectivity index (χ4v) is 2.93. The summed E-state index contributed by atoms with van der Waals surface area (Å²) in [5, 5.41) is 6.85. The molecule has 1 aliphatic heterocycles. The molecule has 1 aromatic heterocycles. The number of nitrogens with one attached hydrogen (secondary N) is 1. The van der Waals surface area contributed by atoms with Crippen LogP contribution in [0.25, 0.3) is 0 Å². The van der Waals surface area contributed by atoms with E-state index in [1.807, 2.05) is 25.1 Å². The number of benzene rings is 1. The van der Waals surface area contributed by atoms with Crippen molar-refractivity contribution in [3.05, 3.63) is 40.4 Å². The van der Waals surface area contributed by atoms with Crippen LogP contribution in [0.2, 0.25) is 0 Å². The van der Waals surface area contributed by atoms with Gasteiger partial charge in [-0.1, -0.05) is 29.6 Å². The van der Waals surface area contributed by atoms with E-state index in [2.05, 4.69) is 21.0 Å². The van der Waals surface area contributed by atoms with Gasteiger partial charge in [0.05, 0.1) is 12.2 Å². The second-order valence-electron chi connectivity index (χ2n) is 4.66. The van der Waals surface area contributed by atoms with Crippen molar-refractivity contribution in [1.82, 2.24) is 14.9 Å². The highest BCUT2D eigenvalue weighted by molar-refractivity contribution is 7.08. The van der Waals surface area contributed by atoms with E-state index < -0.39 is 0 Å². The lowest BCUT2D eigenvalue weighted by molar-refractivity contribution is 0.0936. The maximum absolute atomic E-state index is 12.1. The second-order valence-corrected chi connectivity index (χ2v) is 5.42. The Morgan fingerprint density at radius 1 is 1.50 bits per heavy atom. The van der Waals surface area contributed by atoms with E-state index in [0.717, 1.165) is 29.4 Å². The maximum atomic E-state index is 12.1. The molecule has 3 rings (SSSR count). The number of carbonyl (C=O) groups is 1. The highest BCUT2D eigenvalue weighted by atomic mass is 32.1. The Morgan fingerprint density at radius 2 is 2.35 bits per heavy atom. The Hall–Kier alpha value is -1.95. The fraction of sp³-hybridized carbons (Fsp3) is 0.357. The van der Waals surface area contributed by atoms with Gasteiger partial charge in [0.15, 0.2) is 0 Å². The van der Waals surface area contributed by atoms with Gasteiger partial charge >= 0.3 is 0 Å². The zero-order valence-corrected chi connectivity index (χ0v) is 11.9. The number of aryl methyl sites for hydroxylation is 1. The molecule has 1 N–H and O–H groups in total. The standard InChI is InChI=1S/C14H15N3O2S/c1-2-11-13(20-17-16-11)14(18)15-8-10-7-9-5-3-4-6-12(9)19-10/h3-6,10H,2,7-8H2,1H3,(H,15,18). The van der Waals surface area contributed by atoms with E-state index in [1.54, 1.807) is 0 Å². The summed E-state index contributed by atoms with van der Waals surface area (Å²) < 4.78 is 9.61. The van der Waals surface area contributed by atoms with Gasteiger partial charge in [0, 0.05) is 6.42 Å². The van der Waals surface area contributed by atoms with E-state index in [9.17, 15) is 4.79 Å². The number of carbonyl (C=O) groups excluding carboxylic acids is 1. The molecule has 104 valence electrons. The fourth-order valence-electron chi connectivity index (χ4n) is 2.27. The molecule has 1 aromatic carbocycles. The third kappa shape index (κ3) is 2.51. The highest BCUT2D eigenvalue weighted by Gasteiger charge is 2.23. The Kier molecular flexibility index (Phi) is 3.64. The number of nitrogens with zero attached hydrogens (tertiary/aromatic N) is 2. The molecule has 0 spiro atoms. The number of fused-ring (bicyclic) bond motifs is 1. The summed E-state index contributed by atoms with van der Waals surface area (Å²) in [6.07, 6.45) is 1.55. The molecule has 1 amide bonds. The Balaban J connectivity index is 1.58. The van der Waals surface area contributed by atoms with Crippen LogP contribution >= 0.6 is 11.5 Å². The first-order valence-electron chi connectivity index (χ1n) is 6.62. The van der Waals surface area contributed by atoms with Gasteiger partial charge in [0.1, 0.15) is 16.7 Å². The van der Waals surface area contributed by atoms with Gasteiger partial charge in [0.25, 0.3) is 5.91 Å². The summed E-state index contributed by atoms with van der Waals surface area (Å²) in [5.74, 6) is 0.803. The van der Waals surface area contributed by atoms with E-state index in [1.165, 1.54) is 5.56 Å². The molecule has 0 bridgehead atoms. The molecule has 6 heteroatoms. The average molecular weight is 289 g/mol. The van der Waals surface area contributed by atoms with Crippen LogP contribution in [0, 0.1) is 0 Å². The average Bonchev–Trinajstić information content (AvgIpc) is 3.10. The van der Waals surface area contributed by atoms with Gasteiger partial charge < -0.3 is 10.1 Å². The zero-order chi connectivity index (χ0) is 13.9. The molecule has 1 unspecified atom stereocenters. The summed E-state index contributed by atoms with van der Waals surface area (Å²) in [4.78, 5) is 12.7. The third-order valence-electron chi connectivity index (χ3n) is 3.30. The van der Waals surface area contributed by atoms with Gasteiger partial charge in [-0.2, -0.15) is 0 Å². The van der Waals surface area contributed by atoms with Crippen molar-refractivity contribution in [2.75, 3.05) is 6.54 Å². The molecular formula is C14H15N3O2S. The number of para-hydroxylation sites is 1. The topological polar surface area (TPSA) is 64.1 Å². The zero-order valence-electron chi connectivity index (χ0n) is 11.1. The predicted octanol–water partition coefficient (Wildman–Crippen LogP) is 1.83. The second kappa shape index (κ2) is 5.58. The van der Waals surface area contributed by atoms with Crippen molar-refractivity contribution in [3.63, 3.8) is 0 Å². The van der Waals surface area contributed by atoms with Crippen molar-refractivity contribution in [2.45, 2.75) is 25.9 Å². The van der Waals surface area contributed by atoms with E-state index >= 15 is 0 Å². The van der Waals surface area contributed by atoms with Crippen LogP contribution in [0.3, 0.4) is 0 Å². The summed E-state index contributed by atoms with van der Waals surface area (Å²) in [7, 11) is 0. The smallest absolute Gasteiger partial charge is 0.265 e. The maximum Gasteiger partial charge on any atom is 0.265 e. The van der Waals surface area contributed by atoms with E-state index in [-0.39, 0.29) is 12.0 Å². The SMILES string of the molecule is CCc1nnsc1C(=O)NCC1Cc2ccccc2O1. The Morgan fingerprint density at radius 3 is 3.15 bits per heavy atom. The molecule has 0 radical (unpaired) electrons. The third-order valence-corrected chi connectivity index (χ3v) is 4.07. The highest BCUT2D eigenvalue weighted by Crippen LogP contribution is 2.27. The molecule has 20 heavy (non-hydrogen) atoms. The van der Waals surface area contributed by atoms with Gasteiger partial charge in [0.2, 0.25) is 0 Å². The van der Waals surface area contributed by atoms with Crippen LogP contribution in [0.1, 0.15) is 27.9 Å². The molecule has 1 atom stereocenters. The van der Waals surface area contributed by atoms with Crippen molar-refractivity contribution < 1.29 is 9.53 Å². The van der Waals surface area contributed by atoms with Crippen molar-refractivity contribution in [1.29, 1.82) is 0 Å². The van der Waals surface area contributed by atoms with Crippen LogP contribution in [0.4, 0.5) is 0 Å². The molecule has 2 aromatic rings. The van der Waals surface area contributed by atoms with Crippen LogP contribution in [-0.4, -0.2) is 28.1 Å². The van der Waals surface area contributed by atoms with Crippen molar-refractivity contribution >= 4 is 17.4 Å². The summed E-state index contributed by atoms with van der Waals surface area (Å²) in [6, 6.07) is 7.97. The number of hydrogen-bond acceptors (Lipinski definition) is 5. The van der Waals surface area contributed by atoms with Gasteiger partial charge in [-0.05, 0) is 29.6 Å². The lowest BCUT2D eigenvalue weighted by atomic mass is 10.1.